The summed E-state index contributed by atoms with van der Waals surface area (Å²) in [6.07, 6.45) is 3.16. The maximum absolute atomic E-state index is 12.1. The molecule has 2 N–H and O–H groups in total. The Kier molecular flexibility index (Phi) is 4.58. The van der Waals surface area contributed by atoms with Crippen LogP contribution in [0.1, 0.15) is 16.8 Å². The SMILES string of the molecule is CN(C)c1cccc(C(=O)NCC2=CCNCC2)c1. The molecule has 1 amide bonds. The first-order valence-electron chi connectivity index (χ1n) is 6.61. The van der Waals surface area contributed by atoms with E-state index in [1.165, 1.54) is 5.57 Å². The number of benzene rings is 1. The van der Waals surface area contributed by atoms with Gasteiger partial charge in [0.15, 0.2) is 0 Å². The highest BCUT2D eigenvalue weighted by Gasteiger charge is 2.08. The standard InChI is InChI=1S/C15H21N3O/c1-18(2)14-5-3-4-13(10-14)15(19)17-11-12-6-8-16-9-7-12/h3-6,10,16H,7-9,11H2,1-2H3,(H,17,19). The van der Waals surface area contributed by atoms with Crippen molar-refractivity contribution in [3.8, 4) is 0 Å². The van der Waals surface area contributed by atoms with Crippen molar-refractivity contribution in [2.75, 3.05) is 38.6 Å². The van der Waals surface area contributed by atoms with E-state index in [9.17, 15) is 4.79 Å². The predicted molar refractivity (Wildman–Crippen MR) is 78.7 cm³/mol. The van der Waals surface area contributed by atoms with Crippen LogP contribution in [0, 0.1) is 0 Å². The fourth-order valence-electron chi connectivity index (χ4n) is 2.05. The topological polar surface area (TPSA) is 44.4 Å². The lowest BCUT2D eigenvalue weighted by Crippen LogP contribution is -2.29. The third kappa shape index (κ3) is 3.83. The van der Waals surface area contributed by atoms with E-state index < -0.39 is 0 Å². The summed E-state index contributed by atoms with van der Waals surface area (Å²) in [5, 5.41) is 6.24. The summed E-state index contributed by atoms with van der Waals surface area (Å²) in [4.78, 5) is 14.1. The van der Waals surface area contributed by atoms with Crippen LogP contribution >= 0.6 is 0 Å². The number of nitrogens with zero attached hydrogens (tertiary/aromatic N) is 1. The molecule has 4 heteroatoms. The van der Waals surface area contributed by atoms with Gasteiger partial charge in [-0.1, -0.05) is 17.7 Å². The van der Waals surface area contributed by atoms with E-state index in [1.807, 2.05) is 43.3 Å². The summed E-state index contributed by atoms with van der Waals surface area (Å²) < 4.78 is 0. The molecule has 1 aromatic carbocycles. The first-order chi connectivity index (χ1) is 9.16. The molecule has 0 fully saturated rings. The molecule has 4 nitrogen and oxygen atoms in total. The Morgan fingerprint density at radius 3 is 2.95 bits per heavy atom. The summed E-state index contributed by atoms with van der Waals surface area (Å²) >= 11 is 0. The maximum atomic E-state index is 12.1. The van der Waals surface area contributed by atoms with Crippen LogP contribution < -0.4 is 15.5 Å². The Bertz CT molecular complexity index is 480. The molecule has 102 valence electrons. The van der Waals surface area contributed by atoms with Gasteiger partial charge in [-0.25, -0.2) is 0 Å². The largest absolute Gasteiger partial charge is 0.378 e. The molecule has 0 saturated heterocycles. The quantitative estimate of drug-likeness (QED) is 0.803. The first kappa shape index (κ1) is 13.6. The fraction of sp³-hybridized carbons (Fsp3) is 0.400. The molecule has 0 spiro atoms. The zero-order valence-corrected chi connectivity index (χ0v) is 11.6. The lowest BCUT2D eigenvalue weighted by Gasteiger charge is -2.16. The van der Waals surface area contributed by atoms with Crippen molar-refractivity contribution in [1.29, 1.82) is 0 Å². The highest BCUT2D eigenvalue weighted by Crippen LogP contribution is 2.13. The minimum absolute atomic E-state index is 0.0110. The Morgan fingerprint density at radius 2 is 2.26 bits per heavy atom. The molecule has 0 atom stereocenters. The molecule has 1 aromatic rings. The van der Waals surface area contributed by atoms with Crippen LogP contribution in [-0.2, 0) is 0 Å². The molecule has 2 rings (SSSR count). The minimum atomic E-state index is -0.0110. The van der Waals surface area contributed by atoms with Crippen LogP contribution in [0.3, 0.4) is 0 Å². The van der Waals surface area contributed by atoms with Gasteiger partial charge in [0, 0.05) is 38.4 Å². The van der Waals surface area contributed by atoms with E-state index in [1.54, 1.807) is 0 Å². The molecule has 19 heavy (non-hydrogen) atoms. The van der Waals surface area contributed by atoms with Crippen molar-refractivity contribution in [2.24, 2.45) is 0 Å². The van der Waals surface area contributed by atoms with Gasteiger partial charge in [0.2, 0.25) is 0 Å². The third-order valence-electron chi connectivity index (χ3n) is 3.26. The van der Waals surface area contributed by atoms with Gasteiger partial charge < -0.3 is 15.5 Å². The molecular weight excluding hydrogens is 238 g/mol. The minimum Gasteiger partial charge on any atom is -0.378 e. The number of amides is 1. The van der Waals surface area contributed by atoms with Gasteiger partial charge in [-0.3, -0.25) is 4.79 Å². The van der Waals surface area contributed by atoms with Gasteiger partial charge >= 0.3 is 0 Å². The number of hydrogen-bond acceptors (Lipinski definition) is 3. The van der Waals surface area contributed by atoms with Crippen molar-refractivity contribution in [1.82, 2.24) is 10.6 Å². The third-order valence-corrected chi connectivity index (χ3v) is 3.26. The number of rotatable bonds is 4. The maximum Gasteiger partial charge on any atom is 0.251 e. The highest BCUT2D eigenvalue weighted by molar-refractivity contribution is 5.95. The van der Waals surface area contributed by atoms with Crippen molar-refractivity contribution in [2.45, 2.75) is 6.42 Å². The number of carbonyl (C=O) groups excluding carboxylic acids is 1. The number of anilines is 1. The second-order valence-corrected chi connectivity index (χ2v) is 4.94. The van der Waals surface area contributed by atoms with Crippen LogP contribution in [0.25, 0.3) is 0 Å². The zero-order chi connectivity index (χ0) is 13.7. The van der Waals surface area contributed by atoms with Gasteiger partial charge in [0.1, 0.15) is 0 Å². The summed E-state index contributed by atoms with van der Waals surface area (Å²) in [6, 6.07) is 7.66. The number of hydrogen-bond donors (Lipinski definition) is 2. The van der Waals surface area contributed by atoms with Crippen LogP contribution in [-0.4, -0.2) is 39.6 Å². The number of nitrogens with one attached hydrogen (secondary N) is 2. The van der Waals surface area contributed by atoms with E-state index in [4.69, 9.17) is 0 Å². The lowest BCUT2D eigenvalue weighted by molar-refractivity contribution is 0.0956. The van der Waals surface area contributed by atoms with Gasteiger partial charge in [0.25, 0.3) is 5.91 Å². The molecule has 1 heterocycles. The molecule has 1 aliphatic heterocycles. The summed E-state index contributed by atoms with van der Waals surface area (Å²) in [5.41, 5.74) is 3.05. The van der Waals surface area contributed by atoms with Crippen LogP contribution in [0.4, 0.5) is 5.69 Å². The molecule has 0 saturated carbocycles. The van der Waals surface area contributed by atoms with E-state index in [-0.39, 0.29) is 5.91 Å². The lowest BCUT2D eigenvalue weighted by atomic mass is 10.1. The Balaban J connectivity index is 1.95. The van der Waals surface area contributed by atoms with E-state index in [2.05, 4.69) is 16.7 Å². The van der Waals surface area contributed by atoms with Gasteiger partial charge in [0.05, 0.1) is 0 Å². The first-order valence-corrected chi connectivity index (χ1v) is 6.61. The molecule has 1 aliphatic rings. The Morgan fingerprint density at radius 1 is 1.42 bits per heavy atom. The Hall–Kier alpha value is -1.81. The fourth-order valence-corrected chi connectivity index (χ4v) is 2.05. The molecular formula is C15H21N3O. The van der Waals surface area contributed by atoms with Crippen LogP contribution in [0.15, 0.2) is 35.9 Å². The van der Waals surface area contributed by atoms with Gasteiger partial charge in [-0.15, -0.1) is 0 Å². The smallest absolute Gasteiger partial charge is 0.251 e. The van der Waals surface area contributed by atoms with Gasteiger partial charge in [-0.05, 0) is 31.2 Å². The van der Waals surface area contributed by atoms with Crippen molar-refractivity contribution >= 4 is 11.6 Å². The normalized spacial score (nSPS) is 14.7. The van der Waals surface area contributed by atoms with Gasteiger partial charge in [-0.2, -0.15) is 0 Å². The molecule has 0 unspecified atom stereocenters. The second-order valence-electron chi connectivity index (χ2n) is 4.94. The van der Waals surface area contributed by atoms with E-state index >= 15 is 0 Å². The average Bonchev–Trinajstić information content (AvgIpc) is 2.46. The van der Waals surface area contributed by atoms with Crippen LogP contribution in [0.5, 0.6) is 0 Å². The summed E-state index contributed by atoms with van der Waals surface area (Å²) in [7, 11) is 3.94. The molecule has 0 aromatic heterocycles. The van der Waals surface area contributed by atoms with Crippen molar-refractivity contribution in [3.05, 3.63) is 41.5 Å². The summed E-state index contributed by atoms with van der Waals surface area (Å²) in [5.74, 6) is -0.0110. The monoisotopic (exact) mass is 259 g/mol. The van der Waals surface area contributed by atoms with Crippen molar-refractivity contribution in [3.63, 3.8) is 0 Å². The summed E-state index contributed by atoms with van der Waals surface area (Å²) in [6.45, 7) is 2.55. The van der Waals surface area contributed by atoms with E-state index in [0.29, 0.717) is 12.1 Å². The average molecular weight is 259 g/mol. The molecule has 0 bridgehead atoms. The Labute approximate surface area is 114 Å². The van der Waals surface area contributed by atoms with E-state index in [0.717, 1.165) is 25.2 Å². The van der Waals surface area contributed by atoms with Crippen LogP contribution in [0.2, 0.25) is 0 Å². The highest BCUT2D eigenvalue weighted by atomic mass is 16.1. The second kappa shape index (κ2) is 6.38. The predicted octanol–water partition coefficient (Wildman–Crippen LogP) is 1.40. The van der Waals surface area contributed by atoms with Crippen molar-refractivity contribution < 1.29 is 4.79 Å². The molecule has 0 aliphatic carbocycles. The zero-order valence-electron chi connectivity index (χ0n) is 11.6. The molecule has 0 radical (unpaired) electrons. The number of carbonyl (C=O) groups is 1.